The number of tetrazole rings is 1. The Morgan fingerprint density at radius 2 is 1.86 bits per heavy atom. The molecule has 0 atom stereocenters. The largest absolute Gasteiger partial charge is 0.321 e. The fourth-order valence-electron chi connectivity index (χ4n) is 3.60. The molecule has 0 fully saturated rings. The van der Waals surface area contributed by atoms with Crippen LogP contribution in [0, 0.1) is 0 Å². The maximum Gasteiger partial charge on any atom is 0.276 e. The molecule has 138 valence electrons. The molecule has 0 spiro atoms. The van der Waals surface area contributed by atoms with E-state index in [2.05, 4.69) is 25.9 Å². The van der Waals surface area contributed by atoms with Gasteiger partial charge in [-0.2, -0.15) is 5.10 Å². The lowest BCUT2D eigenvalue weighted by Gasteiger charge is -2.07. The Bertz CT molecular complexity index is 1130. The zero-order chi connectivity index (χ0) is 18.9. The molecule has 1 aliphatic carbocycles. The Hall–Kier alpha value is -3.81. The van der Waals surface area contributed by atoms with Crippen molar-refractivity contribution in [2.75, 3.05) is 5.32 Å². The predicted molar refractivity (Wildman–Crippen MR) is 103 cm³/mol. The van der Waals surface area contributed by atoms with E-state index >= 15 is 0 Å². The van der Waals surface area contributed by atoms with E-state index in [0.717, 1.165) is 41.9 Å². The van der Waals surface area contributed by atoms with Crippen molar-refractivity contribution >= 4 is 11.6 Å². The van der Waals surface area contributed by atoms with Gasteiger partial charge in [0.05, 0.1) is 11.4 Å². The summed E-state index contributed by atoms with van der Waals surface area (Å²) in [7, 11) is 0. The number of hydrogen-bond acceptors (Lipinski definition) is 5. The van der Waals surface area contributed by atoms with E-state index in [0.29, 0.717) is 11.4 Å². The molecule has 0 saturated heterocycles. The van der Waals surface area contributed by atoms with Gasteiger partial charge in [0.1, 0.15) is 6.33 Å². The number of amides is 1. The number of aromatic nitrogens is 6. The zero-order valence-corrected chi connectivity index (χ0v) is 15.0. The van der Waals surface area contributed by atoms with Gasteiger partial charge in [0.2, 0.25) is 0 Å². The number of fused-ring (bicyclic) bond motifs is 1. The monoisotopic (exact) mass is 371 g/mol. The first-order valence-electron chi connectivity index (χ1n) is 9.10. The van der Waals surface area contributed by atoms with Crippen LogP contribution in [0.25, 0.3) is 11.4 Å². The topological polar surface area (TPSA) is 90.5 Å². The Balaban J connectivity index is 1.46. The van der Waals surface area contributed by atoms with Gasteiger partial charge in [0, 0.05) is 16.9 Å². The standard InChI is InChI=1S/C20H17N7O/c28-20(22-14-6-4-9-16(12-14)26-13-21-24-25-26)19-17-10-5-11-18(17)27(23-19)15-7-2-1-3-8-15/h1-4,6-9,12-13H,5,10-11H2,(H,22,28). The number of rotatable bonds is 4. The maximum absolute atomic E-state index is 13.0. The second-order valence-electron chi connectivity index (χ2n) is 6.63. The van der Waals surface area contributed by atoms with Crippen LogP contribution in [0.4, 0.5) is 5.69 Å². The molecule has 5 rings (SSSR count). The molecule has 0 bridgehead atoms. The number of hydrogen-bond donors (Lipinski definition) is 1. The average Bonchev–Trinajstić information content (AvgIpc) is 3.46. The van der Waals surface area contributed by atoms with E-state index in [1.807, 2.05) is 59.3 Å². The van der Waals surface area contributed by atoms with Crippen molar-refractivity contribution in [2.24, 2.45) is 0 Å². The molecular weight excluding hydrogens is 354 g/mol. The normalized spacial score (nSPS) is 12.7. The minimum absolute atomic E-state index is 0.207. The number of para-hydroxylation sites is 1. The highest BCUT2D eigenvalue weighted by Gasteiger charge is 2.27. The lowest BCUT2D eigenvalue weighted by atomic mass is 10.2. The fourth-order valence-corrected chi connectivity index (χ4v) is 3.60. The average molecular weight is 371 g/mol. The molecule has 0 radical (unpaired) electrons. The molecule has 0 unspecified atom stereocenters. The third-order valence-electron chi connectivity index (χ3n) is 4.86. The molecule has 1 N–H and O–H groups in total. The van der Waals surface area contributed by atoms with Crippen LogP contribution in [0.15, 0.2) is 60.9 Å². The molecule has 0 aliphatic heterocycles. The Kier molecular flexibility index (Phi) is 3.93. The Morgan fingerprint density at radius 3 is 2.68 bits per heavy atom. The third-order valence-corrected chi connectivity index (χ3v) is 4.86. The first-order valence-corrected chi connectivity index (χ1v) is 9.10. The minimum atomic E-state index is -0.207. The Morgan fingerprint density at radius 1 is 1.00 bits per heavy atom. The molecule has 1 amide bonds. The van der Waals surface area contributed by atoms with E-state index in [1.165, 1.54) is 11.0 Å². The lowest BCUT2D eigenvalue weighted by molar-refractivity contribution is 0.102. The number of nitrogens with zero attached hydrogens (tertiary/aromatic N) is 6. The summed E-state index contributed by atoms with van der Waals surface area (Å²) in [4.78, 5) is 13.0. The van der Waals surface area contributed by atoms with Gasteiger partial charge in [0.25, 0.3) is 5.91 Å². The van der Waals surface area contributed by atoms with Crippen LogP contribution in [-0.2, 0) is 12.8 Å². The van der Waals surface area contributed by atoms with E-state index < -0.39 is 0 Å². The lowest BCUT2D eigenvalue weighted by Crippen LogP contribution is -2.15. The predicted octanol–water partition coefficient (Wildman–Crippen LogP) is 2.59. The van der Waals surface area contributed by atoms with Gasteiger partial charge in [0.15, 0.2) is 5.69 Å². The summed E-state index contributed by atoms with van der Waals surface area (Å²) in [5.74, 6) is -0.207. The number of carbonyl (C=O) groups is 1. The number of benzene rings is 2. The zero-order valence-electron chi connectivity index (χ0n) is 15.0. The van der Waals surface area contributed by atoms with Crippen molar-refractivity contribution in [3.05, 3.63) is 77.9 Å². The highest BCUT2D eigenvalue weighted by atomic mass is 16.2. The number of anilines is 1. The van der Waals surface area contributed by atoms with Crippen LogP contribution in [-0.4, -0.2) is 35.9 Å². The summed E-state index contributed by atoms with van der Waals surface area (Å²) in [5, 5.41) is 18.8. The minimum Gasteiger partial charge on any atom is -0.321 e. The van der Waals surface area contributed by atoms with E-state index in [1.54, 1.807) is 0 Å². The van der Waals surface area contributed by atoms with Crippen LogP contribution >= 0.6 is 0 Å². The van der Waals surface area contributed by atoms with Crippen molar-refractivity contribution in [1.29, 1.82) is 0 Å². The first kappa shape index (κ1) is 16.4. The van der Waals surface area contributed by atoms with Gasteiger partial charge < -0.3 is 5.32 Å². The van der Waals surface area contributed by atoms with Crippen LogP contribution in [0.1, 0.15) is 28.2 Å². The highest BCUT2D eigenvalue weighted by molar-refractivity contribution is 6.04. The van der Waals surface area contributed by atoms with Crippen LogP contribution in [0.5, 0.6) is 0 Å². The summed E-state index contributed by atoms with van der Waals surface area (Å²) in [6.07, 6.45) is 4.35. The summed E-state index contributed by atoms with van der Waals surface area (Å²) in [6.45, 7) is 0. The summed E-state index contributed by atoms with van der Waals surface area (Å²) in [5.41, 5.74) is 5.06. The highest BCUT2D eigenvalue weighted by Crippen LogP contribution is 2.28. The smallest absolute Gasteiger partial charge is 0.276 e. The quantitative estimate of drug-likeness (QED) is 0.595. The second-order valence-corrected chi connectivity index (χ2v) is 6.63. The third kappa shape index (κ3) is 2.84. The fraction of sp³-hybridized carbons (Fsp3) is 0.150. The van der Waals surface area contributed by atoms with E-state index in [4.69, 9.17) is 0 Å². The molecule has 1 aliphatic rings. The van der Waals surface area contributed by atoms with Gasteiger partial charge in [-0.25, -0.2) is 9.36 Å². The van der Waals surface area contributed by atoms with Crippen LogP contribution in [0.3, 0.4) is 0 Å². The molecule has 8 heteroatoms. The van der Waals surface area contributed by atoms with Gasteiger partial charge >= 0.3 is 0 Å². The molecule has 8 nitrogen and oxygen atoms in total. The molecule has 2 aromatic heterocycles. The summed E-state index contributed by atoms with van der Waals surface area (Å²) < 4.78 is 3.44. The van der Waals surface area contributed by atoms with Crippen molar-refractivity contribution in [3.63, 3.8) is 0 Å². The van der Waals surface area contributed by atoms with Gasteiger partial charge in [-0.3, -0.25) is 4.79 Å². The van der Waals surface area contributed by atoms with Crippen molar-refractivity contribution in [3.8, 4) is 11.4 Å². The van der Waals surface area contributed by atoms with Gasteiger partial charge in [-0.15, -0.1) is 5.10 Å². The number of nitrogens with one attached hydrogen (secondary N) is 1. The second kappa shape index (κ2) is 6.73. The first-order chi connectivity index (χ1) is 13.8. The molecule has 28 heavy (non-hydrogen) atoms. The molecule has 0 saturated carbocycles. The Labute approximate surface area is 160 Å². The SMILES string of the molecule is O=C(Nc1cccc(-n2cnnn2)c1)c1nn(-c2ccccc2)c2c1CCC2. The van der Waals surface area contributed by atoms with Gasteiger partial charge in [-0.05, 0) is 60.0 Å². The van der Waals surface area contributed by atoms with Crippen molar-refractivity contribution < 1.29 is 4.79 Å². The molecule has 2 aromatic carbocycles. The van der Waals surface area contributed by atoms with Crippen LogP contribution < -0.4 is 5.32 Å². The molecular formula is C20H17N7O. The van der Waals surface area contributed by atoms with Crippen molar-refractivity contribution in [2.45, 2.75) is 19.3 Å². The van der Waals surface area contributed by atoms with E-state index in [-0.39, 0.29) is 5.91 Å². The summed E-state index contributed by atoms with van der Waals surface area (Å²) in [6, 6.07) is 17.3. The molecule has 2 heterocycles. The van der Waals surface area contributed by atoms with Crippen LogP contribution in [0.2, 0.25) is 0 Å². The van der Waals surface area contributed by atoms with E-state index in [9.17, 15) is 4.79 Å². The molecule has 4 aromatic rings. The number of carbonyl (C=O) groups excluding carboxylic acids is 1. The van der Waals surface area contributed by atoms with Gasteiger partial charge in [-0.1, -0.05) is 24.3 Å². The maximum atomic E-state index is 13.0. The van der Waals surface area contributed by atoms with Crippen molar-refractivity contribution in [1.82, 2.24) is 30.0 Å². The summed E-state index contributed by atoms with van der Waals surface area (Å²) >= 11 is 0.